The van der Waals surface area contributed by atoms with E-state index >= 15 is 0 Å². The zero-order valence-electron chi connectivity index (χ0n) is 12.6. The van der Waals surface area contributed by atoms with Gasteiger partial charge in [0.15, 0.2) is 0 Å². The SMILES string of the molecule is CN1CCN(C(=O)C2(C)CC(c3ccccc3)=NO2)CC1. The molecule has 1 aromatic rings. The van der Waals surface area contributed by atoms with Gasteiger partial charge >= 0.3 is 0 Å². The zero-order valence-corrected chi connectivity index (χ0v) is 12.6. The van der Waals surface area contributed by atoms with Crippen molar-refractivity contribution in [3.05, 3.63) is 35.9 Å². The Morgan fingerprint density at radius 2 is 1.86 bits per heavy atom. The lowest BCUT2D eigenvalue weighted by atomic mass is 9.94. The highest BCUT2D eigenvalue weighted by atomic mass is 16.7. The fraction of sp³-hybridized carbons (Fsp3) is 0.500. The van der Waals surface area contributed by atoms with E-state index in [0.717, 1.165) is 37.5 Å². The van der Waals surface area contributed by atoms with E-state index < -0.39 is 5.60 Å². The number of benzene rings is 1. The average molecular weight is 287 g/mol. The van der Waals surface area contributed by atoms with Gasteiger partial charge in [0.05, 0.1) is 5.71 Å². The van der Waals surface area contributed by atoms with Crippen molar-refractivity contribution in [2.75, 3.05) is 33.2 Å². The molecule has 2 aliphatic heterocycles. The number of amides is 1. The van der Waals surface area contributed by atoms with Crippen LogP contribution in [-0.2, 0) is 9.63 Å². The number of carbonyl (C=O) groups is 1. The van der Waals surface area contributed by atoms with Gasteiger partial charge in [-0.3, -0.25) is 4.79 Å². The molecule has 1 atom stereocenters. The van der Waals surface area contributed by atoms with Crippen LogP contribution in [0.25, 0.3) is 0 Å². The van der Waals surface area contributed by atoms with E-state index in [1.807, 2.05) is 42.2 Å². The Kier molecular flexibility index (Phi) is 3.68. The second kappa shape index (κ2) is 5.48. The molecule has 2 heterocycles. The first kappa shape index (κ1) is 14.1. The Balaban J connectivity index is 1.68. The van der Waals surface area contributed by atoms with Crippen LogP contribution < -0.4 is 0 Å². The minimum atomic E-state index is -0.860. The molecule has 0 bridgehead atoms. The van der Waals surface area contributed by atoms with Crippen LogP contribution in [0.3, 0.4) is 0 Å². The van der Waals surface area contributed by atoms with Gasteiger partial charge in [-0.15, -0.1) is 0 Å². The minimum Gasteiger partial charge on any atom is -0.379 e. The van der Waals surface area contributed by atoms with Gasteiger partial charge in [0.2, 0.25) is 5.60 Å². The fourth-order valence-electron chi connectivity index (χ4n) is 2.78. The number of carbonyl (C=O) groups excluding carboxylic acids is 1. The molecular formula is C16H21N3O2. The molecular weight excluding hydrogens is 266 g/mol. The summed E-state index contributed by atoms with van der Waals surface area (Å²) in [7, 11) is 2.08. The predicted octanol–water partition coefficient (Wildman–Crippen LogP) is 1.34. The maximum absolute atomic E-state index is 12.7. The van der Waals surface area contributed by atoms with Gasteiger partial charge in [-0.2, -0.15) is 0 Å². The molecule has 1 saturated heterocycles. The maximum Gasteiger partial charge on any atom is 0.269 e. The first-order valence-electron chi connectivity index (χ1n) is 7.37. The highest BCUT2D eigenvalue weighted by Crippen LogP contribution is 2.28. The van der Waals surface area contributed by atoms with Crippen LogP contribution in [0.15, 0.2) is 35.5 Å². The van der Waals surface area contributed by atoms with E-state index in [2.05, 4.69) is 17.1 Å². The number of oxime groups is 1. The van der Waals surface area contributed by atoms with E-state index in [0.29, 0.717) is 6.42 Å². The number of rotatable bonds is 2. The number of piperazine rings is 1. The third kappa shape index (κ3) is 2.78. The molecule has 5 nitrogen and oxygen atoms in total. The van der Waals surface area contributed by atoms with E-state index in [-0.39, 0.29) is 5.91 Å². The number of hydrogen-bond acceptors (Lipinski definition) is 4. The first-order valence-corrected chi connectivity index (χ1v) is 7.37. The Labute approximate surface area is 125 Å². The summed E-state index contributed by atoms with van der Waals surface area (Å²) in [5.41, 5.74) is 1.01. The largest absolute Gasteiger partial charge is 0.379 e. The normalized spacial score (nSPS) is 26.4. The van der Waals surface area contributed by atoms with Crippen molar-refractivity contribution in [2.24, 2.45) is 5.16 Å². The van der Waals surface area contributed by atoms with Crippen molar-refractivity contribution in [1.82, 2.24) is 9.80 Å². The Morgan fingerprint density at radius 3 is 2.52 bits per heavy atom. The van der Waals surface area contributed by atoms with E-state index in [1.54, 1.807) is 0 Å². The van der Waals surface area contributed by atoms with Gasteiger partial charge < -0.3 is 14.6 Å². The van der Waals surface area contributed by atoms with Gasteiger partial charge in [-0.1, -0.05) is 35.5 Å². The summed E-state index contributed by atoms with van der Waals surface area (Å²) in [6, 6.07) is 9.89. The molecule has 1 unspecified atom stereocenters. The molecule has 0 aliphatic carbocycles. The highest BCUT2D eigenvalue weighted by molar-refractivity contribution is 6.05. The van der Waals surface area contributed by atoms with Crippen molar-refractivity contribution >= 4 is 11.6 Å². The van der Waals surface area contributed by atoms with Crippen LogP contribution in [0.5, 0.6) is 0 Å². The first-order chi connectivity index (χ1) is 10.1. The molecule has 5 heteroatoms. The van der Waals surface area contributed by atoms with Crippen LogP contribution in [0, 0.1) is 0 Å². The van der Waals surface area contributed by atoms with Crippen LogP contribution in [0.2, 0.25) is 0 Å². The van der Waals surface area contributed by atoms with Crippen LogP contribution in [0.4, 0.5) is 0 Å². The quantitative estimate of drug-likeness (QED) is 0.824. The van der Waals surface area contributed by atoms with Crippen LogP contribution in [0.1, 0.15) is 18.9 Å². The van der Waals surface area contributed by atoms with Gasteiger partial charge in [-0.05, 0) is 19.5 Å². The molecule has 0 N–H and O–H groups in total. The average Bonchev–Trinajstić information content (AvgIpc) is 2.92. The van der Waals surface area contributed by atoms with Crippen molar-refractivity contribution in [2.45, 2.75) is 18.9 Å². The molecule has 2 aliphatic rings. The third-order valence-electron chi connectivity index (χ3n) is 4.21. The van der Waals surface area contributed by atoms with Crippen molar-refractivity contribution < 1.29 is 9.63 Å². The molecule has 0 saturated carbocycles. The highest BCUT2D eigenvalue weighted by Gasteiger charge is 2.45. The Bertz CT molecular complexity index is 550. The monoisotopic (exact) mass is 287 g/mol. The zero-order chi connectivity index (χ0) is 14.9. The summed E-state index contributed by atoms with van der Waals surface area (Å²) in [4.78, 5) is 22.4. The maximum atomic E-state index is 12.7. The summed E-state index contributed by atoms with van der Waals surface area (Å²) in [6.45, 7) is 5.18. The standard InChI is InChI=1S/C16H21N3O2/c1-16(15(20)19-10-8-18(2)9-11-19)12-14(17-21-16)13-6-4-3-5-7-13/h3-7H,8-12H2,1-2H3. The molecule has 1 amide bonds. The third-order valence-corrected chi connectivity index (χ3v) is 4.21. The molecule has 0 aromatic heterocycles. The van der Waals surface area contributed by atoms with Gasteiger partial charge in [0, 0.05) is 32.6 Å². The molecule has 1 aromatic carbocycles. The summed E-state index contributed by atoms with van der Waals surface area (Å²) < 4.78 is 0. The molecule has 21 heavy (non-hydrogen) atoms. The second-order valence-electron chi connectivity index (χ2n) is 6.00. The lowest BCUT2D eigenvalue weighted by Crippen LogP contribution is -2.54. The van der Waals surface area contributed by atoms with Crippen molar-refractivity contribution in [3.8, 4) is 0 Å². The molecule has 0 radical (unpaired) electrons. The molecule has 112 valence electrons. The Morgan fingerprint density at radius 1 is 1.19 bits per heavy atom. The van der Waals surface area contributed by atoms with Gasteiger partial charge in [-0.25, -0.2) is 0 Å². The van der Waals surface area contributed by atoms with Gasteiger partial charge in [0.1, 0.15) is 0 Å². The lowest BCUT2D eigenvalue weighted by Gasteiger charge is -2.36. The van der Waals surface area contributed by atoms with E-state index in [1.165, 1.54) is 0 Å². The minimum absolute atomic E-state index is 0.0466. The van der Waals surface area contributed by atoms with Crippen LogP contribution in [-0.4, -0.2) is 60.2 Å². The van der Waals surface area contributed by atoms with Gasteiger partial charge in [0.25, 0.3) is 5.91 Å². The number of nitrogens with zero attached hydrogens (tertiary/aromatic N) is 3. The molecule has 1 fully saturated rings. The number of hydrogen-bond donors (Lipinski definition) is 0. The second-order valence-corrected chi connectivity index (χ2v) is 6.00. The summed E-state index contributed by atoms with van der Waals surface area (Å²) in [5.74, 6) is 0.0466. The lowest BCUT2D eigenvalue weighted by molar-refractivity contribution is -0.154. The summed E-state index contributed by atoms with van der Waals surface area (Å²) in [6.07, 6.45) is 0.530. The van der Waals surface area contributed by atoms with Crippen molar-refractivity contribution in [3.63, 3.8) is 0 Å². The molecule has 0 spiro atoms. The topological polar surface area (TPSA) is 45.1 Å². The summed E-state index contributed by atoms with van der Waals surface area (Å²) >= 11 is 0. The summed E-state index contributed by atoms with van der Waals surface area (Å²) in [5, 5.41) is 4.15. The van der Waals surface area contributed by atoms with E-state index in [4.69, 9.17) is 4.84 Å². The Hall–Kier alpha value is -1.88. The van der Waals surface area contributed by atoms with Crippen molar-refractivity contribution in [1.29, 1.82) is 0 Å². The van der Waals surface area contributed by atoms with E-state index in [9.17, 15) is 4.79 Å². The number of likely N-dealkylation sites (N-methyl/N-ethyl adjacent to an activating group) is 1. The predicted molar refractivity (Wildman–Crippen MR) is 81.2 cm³/mol. The van der Waals surface area contributed by atoms with Crippen LogP contribution >= 0.6 is 0 Å². The smallest absolute Gasteiger partial charge is 0.269 e. The molecule has 3 rings (SSSR count). The fourth-order valence-corrected chi connectivity index (χ4v) is 2.78.